The molecule has 1 N–H and O–H groups in total. The van der Waals surface area contributed by atoms with E-state index in [1.54, 1.807) is 4.90 Å². The van der Waals surface area contributed by atoms with Crippen LogP contribution in [0.5, 0.6) is 0 Å². The van der Waals surface area contributed by atoms with Gasteiger partial charge in [0.2, 0.25) is 5.91 Å². The Morgan fingerprint density at radius 1 is 1.03 bits per heavy atom. The molecule has 0 bridgehead atoms. The van der Waals surface area contributed by atoms with E-state index in [0.717, 1.165) is 49.8 Å². The fraction of sp³-hybridized carbons (Fsp3) is 0.640. The topological polar surface area (TPSA) is 74.7 Å². The third kappa shape index (κ3) is 4.94. The predicted molar refractivity (Wildman–Crippen MR) is 124 cm³/mol. The zero-order valence-corrected chi connectivity index (χ0v) is 19.2. The number of ketones is 1. The largest absolute Gasteiger partial charge is 0.477 e. The van der Waals surface area contributed by atoms with Gasteiger partial charge in [0, 0.05) is 29.7 Å². The minimum absolute atomic E-state index is 0.0484. The fourth-order valence-corrected chi connectivity index (χ4v) is 6.37. The van der Waals surface area contributed by atoms with Crippen molar-refractivity contribution in [2.75, 3.05) is 4.90 Å². The maximum absolute atomic E-state index is 13.8. The van der Waals surface area contributed by atoms with Gasteiger partial charge in [-0.1, -0.05) is 13.0 Å². The number of carbonyl (C=O) groups is 3. The van der Waals surface area contributed by atoms with E-state index in [4.69, 9.17) is 0 Å². The van der Waals surface area contributed by atoms with Crippen LogP contribution in [0.4, 0.5) is 5.69 Å². The smallest absolute Gasteiger partial charge is 0.348 e. The summed E-state index contributed by atoms with van der Waals surface area (Å²) in [6.45, 7) is 2.23. The van der Waals surface area contributed by atoms with Gasteiger partial charge >= 0.3 is 5.97 Å². The normalized spacial score (nSPS) is 25.2. The van der Waals surface area contributed by atoms with Crippen molar-refractivity contribution in [2.24, 2.45) is 11.8 Å². The fourth-order valence-electron chi connectivity index (χ4n) is 5.32. The Hall–Kier alpha value is -1.95. The van der Waals surface area contributed by atoms with E-state index in [0.29, 0.717) is 37.3 Å². The van der Waals surface area contributed by atoms with E-state index >= 15 is 0 Å². The highest BCUT2D eigenvalue weighted by molar-refractivity contribution is 7.15. The molecular formula is C25H33NO4S. The molecule has 1 aromatic rings. The Morgan fingerprint density at radius 2 is 1.74 bits per heavy atom. The number of amides is 1. The number of carboxylic acids is 1. The van der Waals surface area contributed by atoms with E-state index in [1.165, 1.54) is 23.3 Å². The second-order valence-electron chi connectivity index (χ2n) is 9.54. The van der Waals surface area contributed by atoms with Gasteiger partial charge in [0.1, 0.15) is 10.7 Å². The maximum atomic E-state index is 13.8. The van der Waals surface area contributed by atoms with Crippen molar-refractivity contribution >= 4 is 40.3 Å². The minimum atomic E-state index is -0.968. The van der Waals surface area contributed by atoms with Crippen molar-refractivity contribution in [1.29, 1.82) is 0 Å². The van der Waals surface area contributed by atoms with Crippen molar-refractivity contribution in [1.82, 2.24) is 0 Å². The molecule has 168 valence electrons. The van der Waals surface area contributed by atoms with Gasteiger partial charge in [-0.15, -0.1) is 11.3 Å². The molecule has 1 aromatic heterocycles. The molecule has 1 heterocycles. The molecule has 1 amide bonds. The standard InChI is InChI=1S/C25H33NO4S/c1-16-7-9-18(10-8-16)24(28)26(19-11-13-20(27)14-12-19)21-15-22(31-23(21)25(29)30)17-5-3-2-4-6-17/h5,15-16,18-19H,2-4,6-14H2,1H3,(H,29,30)/t16-,18-. The van der Waals surface area contributed by atoms with Gasteiger partial charge in [-0.3, -0.25) is 9.59 Å². The number of carbonyl (C=O) groups excluding carboxylic acids is 2. The molecule has 0 saturated heterocycles. The third-order valence-corrected chi connectivity index (χ3v) is 8.44. The van der Waals surface area contributed by atoms with Crippen LogP contribution >= 0.6 is 11.3 Å². The number of Topliss-reactive ketones (excluding diaryl/α,β-unsaturated/α-hetero) is 1. The zero-order valence-electron chi connectivity index (χ0n) is 18.4. The van der Waals surface area contributed by atoms with Gasteiger partial charge in [-0.2, -0.15) is 0 Å². The monoisotopic (exact) mass is 443 g/mol. The van der Waals surface area contributed by atoms with Gasteiger partial charge in [0.15, 0.2) is 0 Å². The molecule has 3 aliphatic rings. The summed E-state index contributed by atoms with van der Waals surface area (Å²) in [6, 6.07) is 1.86. The number of hydrogen-bond acceptors (Lipinski definition) is 4. The molecule has 6 heteroatoms. The van der Waals surface area contributed by atoms with Crippen LogP contribution < -0.4 is 4.90 Å². The summed E-state index contributed by atoms with van der Waals surface area (Å²) in [4.78, 5) is 40.9. The van der Waals surface area contributed by atoms with E-state index < -0.39 is 5.97 Å². The van der Waals surface area contributed by atoms with Crippen molar-refractivity contribution in [3.63, 3.8) is 0 Å². The highest BCUT2D eigenvalue weighted by atomic mass is 32.1. The molecule has 2 fully saturated rings. The first-order valence-electron chi connectivity index (χ1n) is 11.9. The van der Waals surface area contributed by atoms with E-state index in [1.807, 2.05) is 6.07 Å². The molecule has 5 nitrogen and oxygen atoms in total. The van der Waals surface area contributed by atoms with Crippen LogP contribution in [0.1, 0.15) is 98.5 Å². The summed E-state index contributed by atoms with van der Waals surface area (Å²) in [7, 11) is 0. The number of allylic oxidation sites excluding steroid dienone is 2. The summed E-state index contributed by atoms with van der Waals surface area (Å²) in [6.07, 6.45) is 12.5. The van der Waals surface area contributed by atoms with E-state index in [2.05, 4.69) is 13.0 Å². The molecule has 31 heavy (non-hydrogen) atoms. The van der Waals surface area contributed by atoms with Gasteiger partial charge < -0.3 is 10.0 Å². The van der Waals surface area contributed by atoms with Crippen LogP contribution in [0.3, 0.4) is 0 Å². The number of nitrogens with zero attached hydrogens (tertiary/aromatic N) is 1. The molecule has 0 atom stereocenters. The average molecular weight is 444 g/mol. The molecule has 0 unspecified atom stereocenters. The number of rotatable bonds is 5. The summed E-state index contributed by atoms with van der Waals surface area (Å²) < 4.78 is 0. The first-order valence-corrected chi connectivity index (χ1v) is 12.7. The molecule has 3 aliphatic carbocycles. The number of carboxylic acid groups (broad SMARTS) is 1. The number of thiophene rings is 1. The lowest BCUT2D eigenvalue weighted by molar-refractivity contribution is -0.125. The van der Waals surface area contributed by atoms with E-state index in [-0.39, 0.29) is 28.5 Å². The molecule has 0 aliphatic heterocycles. The van der Waals surface area contributed by atoms with Gasteiger partial charge in [-0.25, -0.2) is 4.79 Å². The lowest BCUT2D eigenvalue weighted by atomic mass is 9.81. The number of hydrogen-bond donors (Lipinski definition) is 1. The summed E-state index contributed by atoms with van der Waals surface area (Å²) in [5.74, 6) is -0.0645. The van der Waals surface area contributed by atoms with Crippen LogP contribution in [0.15, 0.2) is 12.1 Å². The number of anilines is 1. The Balaban J connectivity index is 1.71. The van der Waals surface area contributed by atoms with E-state index in [9.17, 15) is 19.5 Å². The van der Waals surface area contributed by atoms with Gasteiger partial charge in [-0.05, 0) is 81.8 Å². The molecule has 0 radical (unpaired) electrons. The van der Waals surface area contributed by atoms with Crippen molar-refractivity contribution in [3.8, 4) is 0 Å². The average Bonchev–Trinajstić information content (AvgIpc) is 3.22. The maximum Gasteiger partial charge on any atom is 0.348 e. The Bertz CT molecular complexity index is 868. The quantitative estimate of drug-likeness (QED) is 0.599. The second kappa shape index (κ2) is 9.68. The second-order valence-corrected chi connectivity index (χ2v) is 10.6. The van der Waals surface area contributed by atoms with Gasteiger partial charge in [0.25, 0.3) is 0 Å². The zero-order chi connectivity index (χ0) is 22.0. The summed E-state index contributed by atoms with van der Waals surface area (Å²) in [5.41, 5.74) is 1.77. The lowest BCUT2D eigenvalue weighted by Crippen LogP contribution is -2.46. The third-order valence-electron chi connectivity index (χ3n) is 7.25. The predicted octanol–water partition coefficient (Wildman–Crippen LogP) is 6.07. The van der Waals surface area contributed by atoms with Crippen LogP contribution in [0.25, 0.3) is 5.57 Å². The first kappa shape index (κ1) is 22.3. The number of aromatic carboxylic acids is 1. The highest BCUT2D eigenvalue weighted by Crippen LogP contribution is 2.41. The van der Waals surface area contributed by atoms with Crippen LogP contribution in [-0.4, -0.2) is 28.8 Å². The molecular weight excluding hydrogens is 410 g/mol. The van der Waals surface area contributed by atoms with Crippen LogP contribution in [0, 0.1) is 11.8 Å². The Kier molecular flexibility index (Phi) is 6.95. The summed E-state index contributed by atoms with van der Waals surface area (Å²) >= 11 is 1.30. The molecule has 4 rings (SSSR count). The lowest BCUT2D eigenvalue weighted by Gasteiger charge is -2.37. The molecule has 0 spiro atoms. The highest BCUT2D eigenvalue weighted by Gasteiger charge is 2.37. The summed E-state index contributed by atoms with van der Waals surface area (Å²) in [5, 5.41) is 9.99. The van der Waals surface area contributed by atoms with Crippen LogP contribution in [-0.2, 0) is 9.59 Å². The van der Waals surface area contributed by atoms with Crippen molar-refractivity contribution in [2.45, 2.75) is 90.0 Å². The van der Waals surface area contributed by atoms with Crippen molar-refractivity contribution < 1.29 is 19.5 Å². The Morgan fingerprint density at radius 3 is 2.35 bits per heavy atom. The van der Waals surface area contributed by atoms with Crippen LogP contribution in [0.2, 0.25) is 0 Å². The molecule has 0 aromatic carbocycles. The molecule has 2 saturated carbocycles. The van der Waals surface area contributed by atoms with Gasteiger partial charge in [0.05, 0.1) is 5.69 Å². The van der Waals surface area contributed by atoms with Crippen molar-refractivity contribution in [3.05, 3.63) is 21.9 Å². The Labute approximate surface area is 188 Å². The first-order chi connectivity index (χ1) is 14.9. The minimum Gasteiger partial charge on any atom is -0.477 e. The SMILES string of the molecule is C[C@H]1CC[C@H](C(=O)N(c2cc(C3=CCCCC3)sc2C(=O)O)C2CCC(=O)CC2)CC1.